The molecule has 4 aromatic carbocycles. The molecule has 1 heterocycles. The summed E-state index contributed by atoms with van der Waals surface area (Å²) in [7, 11) is 4.04. The summed E-state index contributed by atoms with van der Waals surface area (Å²) >= 11 is 0. The molecule has 1 atom stereocenters. The summed E-state index contributed by atoms with van der Waals surface area (Å²) in [4.78, 5) is 18.2. The molecule has 34 heavy (non-hydrogen) atoms. The third-order valence-corrected chi connectivity index (χ3v) is 6.65. The third kappa shape index (κ3) is 3.60. The van der Waals surface area contributed by atoms with Gasteiger partial charge in [-0.1, -0.05) is 103 Å². The number of amides is 1. The van der Waals surface area contributed by atoms with Crippen LogP contribution in [-0.2, 0) is 10.2 Å². The van der Waals surface area contributed by atoms with Crippen LogP contribution in [0.4, 0.5) is 11.4 Å². The van der Waals surface area contributed by atoms with E-state index < -0.39 is 5.41 Å². The molecule has 0 aromatic heterocycles. The number of carbonyl (C=O) groups excluding carboxylic acids is 1. The highest BCUT2D eigenvalue weighted by Crippen LogP contribution is 2.50. The van der Waals surface area contributed by atoms with Crippen LogP contribution in [0.15, 0.2) is 121 Å². The second-order valence-electron chi connectivity index (χ2n) is 8.84. The molecule has 0 radical (unpaired) electrons. The maximum Gasteiger partial charge on any atom is 0.245 e. The highest BCUT2D eigenvalue weighted by Gasteiger charge is 2.62. The monoisotopic (exact) mass is 444 g/mol. The molecule has 0 N–H and O–H groups in total. The Balaban J connectivity index is 1.66. The normalized spacial score (nSPS) is 16.9. The lowest BCUT2D eigenvalue weighted by Gasteiger charge is -2.55. The number of rotatable bonds is 6. The topological polar surface area (TPSA) is 23.6 Å². The molecule has 5 rings (SSSR count). The van der Waals surface area contributed by atoms with Gasteiger partial charge in [0.05, 0.1) is 6.04 Å². The molecule has 3 nitrogen and oxygen atoms in total. The number of β-lactam (4-membered cyclic amide) rings is 1. The Morgan fingerprint density at radius 1 is 0.706 bits per heavy atom. The van der Waals surface area contributed by atoms with Crippen molar-refractivity contribution in [3.63, 3.8) is 0 Å². The van der Waals surface area contributed by atoms with E-state index in [9.17, 15) is 4.79 Å². The standard InChI is InChI=1S/C31H28N2O/c1-32(2)27-19-21-28(22-20-27)33-29(23-18-24-12-6-3-7-13-24)31(30(33)34,25-14-8-4-9-15-25)26-16-10-5-11-17-26/h3-23,29H,1-2H3/b23-18+. The molecule has 0 saturated carbocycles. The molecule has 0 bridgehead atoms. The molecule has 1 aliphatic rings. The van der Waals surface area contributed by atoms with Crippen molar-refractivity contribution in [3.8, 4) is 0 Å². The molecule has 1 aliphatic heterocycles. The zero-order valence-electron chi connectivity index (χ0n) is 19.5. The number of carbonyl (C=O) groups is 1. The summed E-state index contributed by atoms with van der Waals surface area (Å²) in [5, 5.41) is 0. The van der Waals surface area contributed by atoms with Gasteiger partial charge in [0.1, 0.15) is 5.41 Å². The summed E-state index contributed by atoms with van der Waals surface area (Å²) in [6, 6.07) is 38.6. The van der Waals surface area contributed by atoms with Gasteiger partial charge in [-0.15, -0.1) is 0 Å². The van der Waals surface area contributed by atoms with E-state index in [1.807, 2.05) is 85.7 Å². The van der Waals surface area contributed by atoms with Gasteiger partial charge in [-0.2, -0.15) is 0 Å². The van der Waals surface area contributed by atoms with Gasteiger partial charge in [-0.25, -0.2) is 0 Å². The smallest absolute Gasteiger partial charge is 0.245 e. The van der Waals surface area contributed by atoms with Gasteiger partial charge in [0.15, 0.2) is 0 Å². The Bertz CT molecular complexity index is 1240. The van der Waals surface area contributed by atoms with Crippen LogP contribution in [0.5, 0.6) is 0 Å². The van der Waals surface area contributed by atoms with Crippen LogP contribution in [0, 0.1) is 0 Å². The highest BCUT2D eigenvalue weighted by molar-refractivity contribution is 6.13. The fourth-order valence-electron chi connectivity index (χ4n) is 4.91. The van der Waals surface area contributed by atoms with E-state index in [0.717, 1.165) is 28.1 Å². The van der Waals surface area contributed by atoms with Crippen LogP contribution in [0.1, 0.15) is 16.7 Å². The van der Waals surface area contributed by atoms with Gasteiger partial charge in [0.25, 0.3) is 0 Å². The molecular weight excluding hydrogens is 416 g/mol. The van der Waals surface area contributed by atoms with Gasteiger partial charge in [0.2, 0.25) is 5.91 Å². The number of nitrogens with zero attached hydrogens (tertiary/aromatic N) is 2. The van der Waals surface area contributed by atoms with Crippen LogP contribution in [0.25, 0.3) is 6.08 Å². The molecule has 0 aliphatic carbocycles. The Kier molecular flexibility index (Phi) is 5.77. The predicted octanol–water partition coefficient (Wildman–Crippen LogP) is 6.17. The summed E-state index contributed by atoms with van der Waals surface area (Å²) in [5.74, 6) is 0.0882. The molecule has 1 saturated heterocycles. The van der Waals surface area contributed by atoms with Crippen molar-refractivity contribution in [1.29, 1.82) is 0 Å². The summed E-state index contributed by atoms with van der Waals surface area (Å²) in [6.45, 7) is 0. The molecule has 1 amide bonds. The average molecular weight is 445 g/mol. The Morgan fingerprint density at radius 2 is 1.21 bits per heavy atom. The summed E-state index contributed by atoms with van der Waals surface area (Å²) in [5.41, 5.74) is 4.35. The van der Waals surface area contributed by atoms with Crippen LogP contribution >= 0.6 is 0 Å². The van der Waals surface area contributed by atoms with Crippen molar-refractivity contribution in [1.82, 2.24) is 0 Å². The van der Waals surface area contributed by atoms with Crippen molar-refractivity contribution in [2.24, 2.45) is 0 Å². The van der Waals surface area contributed by atoms with E-state index in [2.05, 4.69) is 65.6 Å². The Hall–Kier alpha value is -4.11. The van der Waals surface area contributed by atoms with Gasteiger partial charge in [-0.3, -0.25) is 4.79 Å². The lowest BCUT2D eigenvalue weighted by Crippen LogP contribution is -2.71. The van der Waals surface area contributed by atoms with Crippen LogP contribution in [0.2, 0.25) is 0 Å². The van der Waals surface area contributed by atoms with Crippen molar-refractivity contribution < 1.29 is 4.79 Å². The van der Waals surface area contributed by atoms with Crippen LogP contribution < -0.4 is 9.80 Å². The minimum Gasteiger partial charge on any atom is -0.378 e. The van der Waals surface area contributed by atoms with E-state index >= 15 is 0 Å². The molecule has 168 valence electrons. The first-order valence-corrected chi connectivity index (χ1v) is 11.6. The van der Waals surface area contributed by atoms with Crippen LogP contribution in [-0.4, -0.2) is 26.0 Å². The fraction of sp³-hybridized carbons (Fsp3) is 0.129. The first-order valence-electron chi connectivity index (χ1n) is 11.6. The van der Waals surface area contributed by atoms with E-state index in [-0.39, 0.29) is 11.9 Å². The van der Waals surface area contributed by atoms with Gasteiger partial charge < -0.3 is 9.80 Å². The maximum atomic E-state index is 14.2. The Morgan fingerprint density at radius 3 is 1.71 bits per heavy atom. The van der Waals surface area contributed by atoms with E-state index in [0.29, 0.717) is 0 Å². The van der Waals surface area contributed by atoms with Crippen molar-refractivity contribution in [2.75, 3.05) is 23.9 Å². The molecule has 0 spiro atoms. The first kappa shape index (κ1) is 21.7. The highest BCUT2D eigenvalue weighted by atomic mass is 16.2. The van der Waals surface area contributed by atoms with Gasteiger partial charge in [-0.05, 0) is 41.0 Å². The first-order chi connectivity index (χ1) is 16.6. The number of anilines is 2. The third-order valence-electron chi connectivity index (χ3n) is 6.65. The van der Waals surface area contributed by atoms with Gasteiger partial charge in [0, 0.05) is 25.5 Å². The second kappa shape index (κ2) is 9.03. The predicted molar refractivity (Wildman–Crippen MR) is 141 cm³/mol. The van der Waals surface area contributed by atoms with Crippen molar-refractivity contribution in [2.45, 2.75) is 11.5 Å². The van der Waals surface area contributed by atoms with E-state index in [4.69, 9.17) is 0 Å². The Labute approximate surface area is 201 Å². The molecular formula is C31H28N2O. The second-order valence-corrected chi connectivity index (χ2v) is 8.84. The van der Waals surface area contributed by atoms with Gasteiger partial charge >= 0.3 is 0 Å². The zero-order chi connectivity index (χ0) is 23.5. The maximum absolute atomic E-state index is 14.2. The number of hydrogen-bond acceptors (Lipinski definition) is 2. The number of hydrogen-bond donors (Lipinski definition) is 0. The van der Waals surface area contributed by atoms with E-state index in [1.165, 1.54) is 0 Å². The van der Waals surface area contributed by atoms with E-state index in [1.54, 1.807) is 0 Å². The van der Waals surface area contributed by atoms with Crippen molar-refractivity contribution in [3.05, 3.63) is 138 Å². The SMILES string of the molecule is CN(C)c1ccc(N2C(=O)C(c3ccccc3)(c3ccccc3)C2/C=C/c2ccccc2)cc1. The summed E-state index contributed by atoms with van der Waals surface area (Å²) in [6.07, 6.45) is 4.30. The molecule has 3 heteroatoms. The average Bonchev–Trinajstić information content (AvgIpc) is 2.89. The minimum atomic E-state index is -0.784. The van der Waals surface area contributed by atoms with Crippen LogP contribution in [0.3, 0.4) is 0 Å². The lowest BCUT2D eigenvalue weighted by molar-refractivity contribution is -0.129. The quantitative estimate of drug-likeness (QED) is 0.332. The largest absolute Gasteiger partial charge is 0.378 e. The van der Waals surface area contributed by atoms with Crippen molar-refractivity contribution >= 4 is 23.4 Å². The summed E-state index contributed by atoms with van der Waals surface area (Å²) < 4.78 is 0. The fourth-order valence-corrected chi connectivity index (χ4v) is 4.91. The minimum absolute atomic E-state index is 0.0882. The lowest BCUT2D eigenvalue weighted by atomic mass is 9.61. The molecule has 1 unspecified atom stereocenters. The molecule has 1 fully saturated rings. The number of benzene rings is 4. The molecule has 4 aromatic rings. The zero-order valence-corrected chi connectivity index (χ0v) is 19.5.